The Morgan fingerprint density at radius 3 is 2.52 bits per heavy atom. The van der Waals surface area contributed by atoms with Gasteiger partial charge < -0.3 is 4.98 Å². The highest BCUT2D eigenvalue weighted by molar-refractivity contribution is 7.89. The summed E-state index contributed by atoms with van der Waals surface area (Å²) >= 11 is 0. The number of nitrogens with one attached hydrogen (secondary N) is 3. The van der Waals surface area contributed by atoms with E-state index in [0.717, 1.165) is 11.0 Å². The molecule has 3 aromatic rings. The molecule has 0 saturated heterocycles. The summed E-state index contributed by atoms with van der Waals surface area (Å²) in [5.41, 5.74) is 2.31. The number of nitrogens with zero attached hydrogens (tertiary/aromatic N) is 1. The van der Waals surface area contributed by atoms with E-state index in [1.165, 1.54) is 25.3 Å². The highest BCUT2D eigenvalue weighted by Crippen LogP contribution is 2.14. The zero-order valence-electron chi connectivity index (χ0n) is 13.4. The fraction of sp³-hybridized carbons (Fsp3) is 0.0588. The van der Waals surface area contributed by atoms with Gasteiger partial charge in [0.25, 0.3) is 5.91 Å². The van der Waals surface area contributed by atoms with Gasteiger partial charge in [0.05, 0.1) is 15.9 Å². The van der Waals surface area contributed by atoms with Crippen LogP contribution in [0.15, 0.2) is 59.5 Å². The molecule has 1 heterocycles. The Morgan fingerprint density at radius 2 is 1.84 bits per heavy atom. The molecule has 0 aliphatic heterocycles. The summed E-state index contributed by atoms with van der Waals surface area (Å²) in [5.74, 6) is 0.0253. The van der Waals surface area contributed by atoms with Crippen molar-refractivity contribution in [3.63, 3.8) is 0 Å². The molecule has 0 unspecified atom stereocenters. The standard InChI is InChI=1S/C17H16N4O3S/c1-18-25(23,24)13-9-6-12(7-10-13)8-11-16(22)21-17-19-14-4-2-3-5-15(14)20-17/h2-11,18H,1H3,(H2,19,20,21,22)/b11-8+. The number of para-hydroxylation sites is 2. The van der Waals surface area contributed by atoms with Crippen molar-refractivity contribution >= 4 is 39.0 Å². The summed E-state index contributed by atoms with van der Waals surface area (Å²) in [6.45, 7) is 0. The molecule has 0 bridgehead atoms. The third-order valence-electron chi connectivity index (χ3n) is 3.52. The number of hydrogen-bond donors (Lipinski definition) is 3. The predicted octanol–water partition coefficient (Wildman–Crippen LogP) is 2.12. The molecule has 128 valence electrons. The number of imidazole rings is 1. The van der Waals surface area contributed by atoms with Gasteiger partial charge in [-0.1, -0.05) is 24.3 Å². The summed E-state index contributed by atoms with van der Waals surface area (Å²) in [6.07, 6.45) is 2.95. The Morgan fingerprint density at radius 1 is 1.12 bits per heavy atom. The maximum atomic E-state index is 12.0. The van der Waals surface area contributed by atoms with Crippen molar-refractivity contribution < 1.29 is 13.2 Å². The van der Waals surface area contributed by atoms with E-state index in [0.29, 0.717) is 11.5 Å². The first-order chi connectivity index (χ1) is 12.0. The number of hydrogen-bond acceptors (Lipinski definition) is 4. The van der Waals surface area contributed by atoms with E-state index in [9.17, 15) is 13.2 Å². The van der Waals surface area contributed by atoms with Crippen molar-refractivity contribution in [2.24, 2.45) is 0 Å². The van der Waals surface area contributed by atoms with E-state index in [2.05, 4.69) is 20.0 Å². The Hall–Kier alpha value is -2.97. The molecule has 2 aromatic carbocycles. The van der Waals surface area contributed by atoms with Crippen molar-refractivity contribution in [1.29, 1.82) is 0 Å². The maximum Gasteiger partial charge on any atom is 0.250 e. The normalized spacial score (nSPS) is 11.9. The monoisotopic (exact) mass is 356 g/mol. The number of amides is 1. The zero-order chi connectivity index (χ0) is 17.9. The molecule has 0 aliphatic rings. The largest absolute Gasteiger partial charge is 0.324 e. The third kappa shape index (κ3) is 3.93. The minimum absolute atomic E-state index is 0.166. The molecule has 0 spiro atoms. The van der Waals surface area contributed by atoms with Crippen molar-refractivity contribution in [1.82, 2.24) is 14.7 Å². The molecule has 1 amide bonds. The van der Waals surface area contributed by atoms with Crippen LogP contribution in [-0.4, -0.2) is 31.3 Å². The Balaban J connectivity index is 1.68. The molecule has 0 radical (unpaired) electrons. The second-order valence-electron chi connectivity index (χ2n) is 5.20. The molecule has 3 rings (SSSR count). The minimum Gasteiger partial charge on any atom is -0.324 e. The highest BCUT2D eigenvalue weighted by Gasteiger charge is 2.10. The molecule has 0 saturated carbocycles. The second-order valence-corrected chi connectivity index (χ2v) is 7.09. The number of H-pyrrole nitrogens is 1. The van der Waals surface area contributed by atoms with Crippen LogP contribution in [0.3, 0.4) is 0 Å². The number of anilines is 1. The summed E-state index contributed by atoms with van der Waals surface area (Å²) in [6, 6.07) is 13.7. The lowest BCUT2D eigenvalue weighted by Crippen LogP contribution is -2.18. The fourth-order valence-corrected chi connectivity index (χ4v) is 2.95. The van der Waals surface area contributed by atoms with Crippen LogP contribution in [0, 0.1) is 0 Å². The number of carbonyl (C=O) groups is 1. The van der Waals surface area contributed by atoms with Crippen LogP contribution in [0.5, 0.6) is 0 Å². The Labute approximate surface area is 144 Å². The van der Waals surface area contributed by atoms with Gasteiger partial charge in [-0.3, -0.25) is 10.1 Å². The van der Waals surface area contributed by atoms with Crippen molar-refractivity contribution in [3.8, 4) is 0 Å². The lowest BCUT2D eigenvalue weighted by Gasteiger charge is -2.02. The van der Waals surface area contributed by atoms with Crippen LogP contribution in [0.25, 0.3) is 17.1 Å². The predicted molar refractivity (Wildman–Crippen MR) is 96.4 cm³/mol. The van der Waals surface area contributed by atoms with Gasteiger partial charge in [0.2, 0.25) is 16.0 Å². The molecule has 0 fully saturated rings. The number of sulfonamides is 1. The second kappa shape index (κ2) is 6.88. The number of aromatic amines is 1. The van der Waals surface area contributed by atoms with E-state index >= 15 is 0 Å². The van der Waals surface area contributed by atoms with Crippen molar-refractivity contribution in [3.05, 3.63) is 60.2 Å². The first kappa shape index (κ1) is 16.9. The van der Waals surface area contributed by atoms with Crippen LogP contribution in [-0.2, 0) is 14.8 Å². The van der Waals surface area contributed by atoms with Gasteiger partial charge in [0.15, 0.2) is 0 Å². The Kier molecular flexibility index (Phi) is 4.64. The summed E-state index contributed by atoms with van der Waals surface area (Å²) in [7, 11) is -2.11. The van der Waals surface area contributed by atoms with E-state index in [1.807, 2.05) is 24.3 Å². The first-order valence-electron chi connectivity index (χ1n) is 7.45. The molecule has 0 aliphatic carbocycles. The van der Waals surface area contributed by atoms with E-state index in [-0.39, 0.29) is 10.8 Å². The van der Waals surface area contributed by atoms with Gasteiger partial charge in [-0.25, -0.2) is 18.1 Å². The summed E-state index contributed by atoms with van der Waals surface area (Å²) < 4.78 is 25.5. The molecular weight excluding hydrogens is 340 g/mol. The fourth-order valence-electron chi connectivity index (χ4n) is 2.22. The molecule has 0 atom stereocenters. The van der Waals surface area contributed by atoms with Crippen LogP contribution >= 0.6 is 0 Å². The molecule has 3 N–H and O–H groups in total. The number of aromatic nitrogens is 2. The van der Waals surface area contributed by atoms with Gasteiger partial charge in [-0.05, 0) is 43.0 Å². The van der Waals surface area contributed by atoms with Crippen LogP contribution in [0.1, 0.15) is 5.56 Å². The van der Waals surface area contributed by atoms with Gasteiger partial charge in [-0.15, -0.1) is 0 Å². The lowest BCUT2D eigenvalue weighted by molar-refractivity contribution is -0.111. The van der Waals surface area contributed by atoms with Crippen molar-refractivity contribution in [2.75, 3.05) is 12.4 Å². The molecule has 25 heavy (non-hydrogen) atoms. The number of fused-ring (bicyclic) bond motifs is 1. The van der Waals surface area contributed by atoms with Gasteiger partial charge in [0.1, 0.15) is 0 Å². The molecule has 8 heteroatoms. The van der Waals surface area contributed by atoms with Crippen LogP contribution in [0.4, 0.5) is 5.95 Å². The smallest absolute Gasteiger partial charge is 0.250 e. The van der Waals surface area contributed by atoms with E-state index in [4.69, 9.17) is 0 Å². The number of benzene rings is 2. The maximum absolute atomic E-state index is 12.0. The van der Waals surface area contributed by atoms with Crippen LogP contribution in [0.2, 0.25) is 0 Å². The van der Waals surface area contributed by atoms with Crippen LogP contribution < -0.4 is 10.0 Å². The summed E-state index contributed by atoms with van der Waals surface area (Å²) in [4.78, 5) is 19.4. The van der Waals surface area contributed by atoms with Gasteiger partial charge >= 0.3 is 0 Å². The third-order valence-corrected chi connectivity index (χ3v) is 4.95. The quantitative estimate of drug-likeness (QED) is 0.609. The number of rotatable bonds is 5. The molecule has 7 nitrogen and oxygen atoms in total. The average Bonchev–Trinajstić information content (AvgIpc) is 3.02. The topological polar surface area (TPSA) is 104 Å². The van der Waals surface area contributed by atoms with Crippen molar-refractivity contribution in [2.45, 2.75) is 4.90 Å². The molecular formula is C17H16N4O3S. The lowest BCUT2D eigenvalue weighted by atomic mass is 10.2. The van der Waals surface area contributed by atoms with Gasteiger partial charge in [-0.2, -0.15) is 0 Å². The number of carbonyl (C=O) groups excluding carboxylic acids is 1. The zero-order valence-corrected chi connectivity index (χ0v) is 14.2. The minimum atomic E-state index is -3.47. The Bertz CT molecular complexity index is 1000. The highest BCUT2D eigenvalue weighted by atomic mass is 32.2. The SMILES string of the molecule is CNS(=O)(=O)c1ccc(/C=C/C(=O)Nc2nc3ccccc3[nH]2)cc1. The van der Waals surface area contributed by atoms with E-state index < -0.39 is 10.0 Å². The average molecular weight is 356 g/mol. The van der Waals surface area contributed by atoms with Gasteiger partial charge in [0, 0.05) is 6.08 Å². The summed E-state index contributed by atoms with van der Waals surface area (Å²) in [5, 5.41) is 2.65. The molecule has 1 aromatic heterocycles. The first-order valence-corrected chi connectivity index (χ1v) is 8.94. The van der Waals surface area contributed by atoms with E-state index in [1.54, 1.807) is 18.2 Å².